The number of carbonyl (C=O) groups is 2. The van der Waals surface area contributed by atoms with Crippen molar-refractivity contribution in [2.75, 3.05) is 44.7 Å². The summed E-state index contributed by atoms with van der Waals surface area (Å²) in [6, 6.07) is 6.98. The minimum atomic E-state index is -0.616. The van der Waals surface area contributed by atoms with Gasteiger partial charge < -0.3 is 19.9 Å². The molecule has 2 rings (SSSR count). The number of nitrogens with zero attached hydrogens (tertiary/aromatic N) is 2. The maximum atomic E-state index is 12.5. The van der Waals surface area contributed by atoms with Crippen LogP contribution < -0.4 is 10.2 Å². The molecule has 1 fully saturated rings. The quantitative estimate of drug-likeness (QED) is 0.754. The average molecular weight is 361 g/mol. The first-order valence-corrected chi connectivity index (χ1v) is 9.40. The standard InChI is InChI=1S/C20H31N3O3/c1-5-22-10-12-23(13-11-22)17-8-6-16(7-9-17)19(24)21-18(14-15(2)3)20(25)26-4/h6-9,15,18H,5,10-14H2,1-4H3,(H,21,24)/t18-/m1/s1. The monoisotopic (exact) mass is 361 g/mol. The zero-order valence-electron chi connectivity index (χ0n) is 16.3. The van der Waals surface area contributed by atoms with E-state index >= 15 is 0 Å². The molecular formula is C20H31N3O3. The Bertz CT molecular complexity index is 593. The lowest BCUT2D eigenvalue weighted by molar-refractivity contribution is -0.143. The molecule has 0 aromatic heterocycles. The zero-order valence-corrected chi connectivity index (χ0v) is 16.3. The number of anilines is 1. The van der Waals surface area contributed by atoms with Gasteiger partial charge in [0.15, 0.2) is 0 Å². The summed E-state index contributed by atoms with van der Waals surface area (Å²) in [5, 5.41) is 2.79. The van der Waals surface area contributed by atoms with Gasteiger partial charge in [-0.3, -0.25) is 4.79 Å². The van der Waals surface area contributed by atoms with E-state index in [1.165, 1.54) is 7.11 Å². The van der Waals surface area contributed by atoms with E-state index in [2.05, 4.69) is 22.0 Å². The Morgan fingerprint density at radius 2 is 1.73 bits per heavy atom. The minimum absolute atomic E-state index is 0.247. The van der Waals surface area contributed by atoms with Crippen molar-refractivity contribution in [3.8, 4) is 0 Å². The van der Waals surface area contributed by atoms with Crippen LogP contribution in [-0.4, -0.2) is 62.7 Å². The lowest BCUT2D eigenvalue weighted by atomic mass is 10.0. The van der Waals surface area contributed by atoms with Gasteiger partial charge in [0.1, 0.15) is 6.04 Å². The van der Waals surface area contributed by atoms with Crippen LogP contribution >= 0.6 is 0 Å². The minimum Gasteiger partial charge on any atom is -0.467 e. The molecule has 26 heavy (non-hydrogen) atoms. The lowest BCUT2D eigenvalue weighted by Crippen LogP contribution is -2.46. The van der Waals surface area contributed by atoms with Gasteiger partial charge in [-0.15, -0.1) is 0 Å². The molecule has 1 aliphatic rings. The third-order valence-electron chi connectivity index (χ3n) is 4.81. The fourth-order valence-corrected chi connectivity index (χ4v) is 3.22. The highest BCUT2D eigenvalue weighted by atomic mass is 16.5. The molecule has 0 saturated carbocycles. The number of rotatable bonds is 7. The number of esters is 1. The number of methoxy groups -OCH3 is 1. The smallest absolute Gasteiger partial charge is 0.328 e. The predicted octanol–water partition coefficient (Wildman–Crippen LogP) is 2.15. The molecule has 1 heterocycles. The Kier molecular flexibility index (Phi) is 7.45. The van der Waals surface area contributed by atoms with Gasteiger partial charge in [-0.1, -0.05) is 20.8 Å². The van der Waals surface area contributed by atoms with E-state index < -0.39 is 12.0 Å². The fourth-order valence-electron chi connectivity index (χ4n) is 3.22. The second kappa shape index (κ2) is 9.57. The molecule has 6 nitrogen and oxygen atoms in total. The largest absolute Gasteiger partial charge is 0.467 e. The molecular weight excluding hydrogens is 330 g/mol. The summed E-state index contributed by atoms with van der Waals surface area (Å²) in [6.07, 6.45) is 0.554. The van der Waals surface area contributed by atoms with Crippen LogP contribution in [0.1, 0.15) is 37.6 Å². The van der Waals surface area contributed by atoms with E-state index in [4.69, 9.17) is 4.74 Å². The summed E-state index contributed by atoms with van der Waals surface area (Å²) in [5.74, 6) is -0.371. The molecule has 0 bridgehead atoms. The SMILES string of the molecule is CCN1CCN(c2ccc(C(=O)N[C@H](CC(C)C)C(=O)OC)cc2)CC1. The van der Waals surface area contributed by atoms with Crippen molar-refractivity contribution in [2.24, 2.45) is 5.92 Å². The fraction of sp³-hybridized carbons (Fsp3) is 0.600. The molecule has 1 amide bonds. The molecule has 1 aliphatic heterocycles. The summed E-state index contributed by atoms with van der Waals surface area (Å²) >= 11 is 0. The van der Waals surface area contributed by atoms with Crippen molar-refractivity contribution >= 4 is 17.6 Å². The molecule has 1 aromatic carbocycles. The Labute approximate surface area is 156 Å². The van der Waals surface area contributed by atoms with Crippen LogP contribution in [0.2, 0.25) is 0 Å². The summed E-state index contributed by atoms with van der Waals surface area (Å²) in [7, 11) is 1.34. The van der Waals surface area contributed by atoms with E-state index in [1.807, 2.05) is 38.1 Å². The topological polar surface area (TPSA) is 61.9 Å². The van der Waals surface area contributed by atoms with Gasteiger partial charge in [0.05, 0.1) is 7.11 Å². The van der Waals surface area contributed by atoms with Crippen LogP contribution in [0.15, 0.2) is 24.3 Å². The van der Waals surface area contributed by atoms with Gasteiger partial charge in [-0.25, -0.2) is 4.79 Å². The second-order valence-corrected chi connectivity index (χ2v) is 7.15. The number of nitrogens with one attached hydrogen (secondary N) is 1. The Hall–Kier alpha value is -2.08. The number of amides is 1. The first kappa shape index (κ1) is 20.2. The van der Waals surface area contributed by atoms with Crippen LogP contribution in [0.3, 0.4) is 0 Å². The molecule has 1 atom stereocenters. The molecule has 6 heteroatoms. The zero-order chi connectivity index (χ0) is 19.1. The predicted molar refractivity (Wildman–Crippen MR) is 103 cm³/mol. The first-order chi connectivity index (χ1) is 12.4. The number of hydrogen-bond acceptors (Lipinski definition) is 5. The molecule has 1 saturated heterocycles. The van der Waals surface area contributed by atoms with Gasteiger partial charge >= 0.3 is 5.97 Å². The average Bonchev–Trinajstić information content (AvgIpc) is 2.66. The Morgan fingerprint density at radius 3 is 2.23 bits per heavy atom. The van der Waals surface area contributed by atoms with Crippen molar-refractivity contribution < 1.29 is 14.3 Å². The van der Waals surface area contributed by atoms with Crippen molar-refractivity contribution in [3.05, 3.63) is 29.8 Å². The highest BCUT2D eigenvalue weighted by Gasteiger charge is 2.23. The van der Waals surface area contributed by atoms with Crippen LogP contribution in [0.5, 0.6) is 0 Å². The van der Waals surface area contributed by atoms with Crippen LogP contribution in [0, 0.1) is 5.92 Å². The number of ether oxygens (including phenoxy) is 1. The highest BCUT2D eigenvalue weighted by molar-refractivity contribution is 5.97. The molecule has 144 valence electrons. The van der Waals surface area contributed by atoms with Crippen molar-refractivity contribution in [1.29, 1.82) is 0 Å². The number of carbonyl (C=O) groups excluding carboxylic acids is 2. The van der Waals surface area contributed by atoms with Crippen LogP contribution in [0.25, 0.3) is 0 Å². The Balaban J connectivity index is 1.98. The second-order valence-electron chi connectivity index (χ2n) is 7.15. The third-order valence-corrected chi connectivity index (χ3v) is 4.81. The van der Waals surface area contributed by atoms with E-state index in [1.54, 1.807) is 0 Å². The summed E-state index contributed by atoms with van der Waals surface area (Å²) in [6.45, 7) is 11.4. The number of hydrogen-bond donors (Lipinski definition) is 1. The highest BCUT2D eigenvalue weighted by Crippen LogP contribution is 2.18. The van der Waals surface area contributed by atoms with Crippen LogP contribution in [-0.2, 0) is 9.53 Å². The van der Waals surface area contributed by atoms with Gasteiger partial charge in [0.2, 0.25) is 0 Å². The molecule has 0 unspecified atom stereocenters. The van der Waals surface area contributed by atoms with Crippen LogP contribution in [0.4, 0.5) is 5.69 Å². The van der Waals surface area contributed by atoms with E-state index in [-0.39, 0.29) is 11.8 Å². The molecule has 0 spiro atoms. The van der Waals surface area contributed by atoms with Crippen molar-refractivity contribution in [3.63, 3.8) is 0 Å². The van der Waals surface area contributed by atoms with Crippen molar-refractivity contribution in [1.82, 2.24) is 10.2 Å². The summed E-state index contributed by atoms with van der Waals surface area (Å²) in [5.41, 5.74) is 1.68. The number of piperazine rings is 1. The maximum absolute atomic E-state index is 12.5. The summed E-state index contributed by atoms with van der Waals surface area (Å²) < 4.78 is 4.80. The van der Waals surface area contributed by atoms with E-state index in [0.29, 0.717) is 12.0 Å². The molecule has 0 aliphatic carbocycles. The van der Waals surface area contributed by atoms with Gasteiger partial charge in [-0.05, 0) is 43.1 Å². The normalized spacial score (nSPS) is 16.4. The number of benzene rings is 1. The third kappa shape index (κ3) is 5.46. The lowest BCUT2D eigenvalue weighted by Gasteiger charge is -2.35. The van der Waals surface area contributed by atoms with Gasteiger partial charge in [0.25, 0.3) is 5.91 Å². The molecule has 1 N–H and O–H groups in total. The maximum Gasteiger partial charge on any atom is 0.328 e. The Morgan fingerprint density at radius 1 is 1.12 bits per heavy atom. The molecule has 0 radical (unpaired) electrons. The molecule has 1 aromatic rings. The van der Waals surface area contributed by atoms with Gasteiger partial charge in [-0.2, -0.15) is 0 Å². The van der Waals surface area contributed by atoms with E-state index in [0.717, 1.165) is 38.4 Å². The van der Waals surface area contributed by atoms with Gasteiger partial charge in [0, 0.05) is 37.4 Å². The number of likely N-dealkylation sites (N-methyl/N-ethyl adjacent to an activating group) is 1. The summed E-state index contributed by atoms with van der Waals surface area (Å²) in [4.78, 5) is 29.1. The van der Waals surface area contributed by atoms with E-state index in [9.17, 15) is 9.59 Å². The first-order valence-electron chi connectivity index (χ1n) is 9.40. The van der Waals surface area contributed by atoms with Crippen molar-refractivity contribution in [2.45, 2.75) is 33.2 Å².